The first kappa shape index (κ1) is 14.1. The molecule has 1 heterocycles. The van der Waals surface area contributed by atoms with Gasteiger partial charge in [-0.1, -0.05) is 19.3 Å². The van der Waals surface area contributed by atoms with Crippen LogP contribution in [0.25, 0.3) is 0 Å². The molecule has 0 spiro atoms. The molecule has 0 bridgehead atoms. The minimum Gasteiger partial charge on any atom is -0.335 e. The molecule has 1 amide bonds. The van der Waals surface area contributed by atoms with Gasteiger partial charge in [0.15, 0.2) is 0 Å². The van der Waals surface area contributed by atoms with E-state index in [1.54, 1.807) is 11.3 Å². The van der Waals surface area contributed by atoms with E-state index in [9.17, 15) is 4.79 Å². The number of rotatable bonds is 4. The van der Waals surface area contributed by atoms with E-state index < -0.39 is 0 Å². The van der Waals surface area contributed by atoms with Gasteiger partial charge in [-0.05, 0) is 48.1 Å². The molecule has 110 valence electrons. The van der Waals surface area contributed by atoms with Gasteiger partial charge < -0.3 is 10.6 Å². The Morgan fingerprint density at radius 1 is 1.25 bits per heavy atom. The fraction of sp³-hybridized carbons (Fsp3) is 0.688. The average Bonchev–Trinajstić information content (AvgIpc) is 3.19. The summed E-state index contributed by atoms with van der Waals surface area (Å²) in [5.41, 5.74) is 7.53. The molecule has 2 unspecified atom stereocenters. The first-order valence-corrected chi connectivity index (χ1v) is 8.77. The van der Waals surface area contributed by atoms with Gasteiger partial charge in [0.25, 0.3) is 0 Å². The Morgan fingerprint density at radius 2 is 2.05 bits per heavy atom. The van der Waals surface area contributed by atoms with Crippen LogP contribution in [0.2, 0.25) is 0 Å². The minimum atomic E-state index is 0.0525. The Labute approximate surface area is 125 Å². The molecule has 20 heavy (non-hydrogen) atoms. The summed E-state index contributed by atoms with van der Waals surface area (Å²) in [6.45, 7) is 0.774. The number of hydrogen-bond acceptors (Lipinski definition) is 3. The summed E-state index contributed by atoms with van der Waals surface area (Å²) in [4.78, 5) is 15.0. The number of nitrogens with zero attached hydrogens (tertiary/aromatic N) is 1. The van der Waals surface area contributed by atoms with E-state index in [1.165, 1.54) is 18.4 Å². The van der Waals surface area contributed by atoms with Crippen LogP contribution in [0, 0.1) is 5.92 Å². The van der Waals surface area contributed by atoms with Gasteiger partial charge >= 0.3 is 0 Å². The molecule has 0 radical (unpaired) electrons. The SMILES string of the molecule is NC1CCCCCC1C(=O)N(Cc1ccsc1)C1CC1. The summed E-state index contributed by atoms with van der Waals surface area (Å²) < 4.78 is 0. The predicted octanol–water partition coefficient (Wildman–Crippen LogP) is 3.15. The zero-order valence-corrected chi connectivity index (χ0v) is 12.8. The molecular weight excluding hydrogens is 268 g/mol. The van der Waals surface area contributed by atoms with Crippen molar-refractivity contribution in [1.82, 2.24) is 4.90 Å². The van der Waals surface area contributed by atoms with Crippen LogP contribution >= 0.6 is 11.3 Å². The van der Waals surface area contributed by atoms with Crippen molar-refractivity contribution in [3.05, 3.63) is 22.4 Å². The molecule has 3 nitrogen and oxygen atoms in total. The largest absolute Gasteiger partial charge is 0.335 e. The van der Waals surface area contributed by atoms with E-state index in [0.717, 1.165) is 38.6 Å². The molecule has 2 N–H and O–H groups in total. The highest BCUT2D eigenvalue weighted by molar-refractivity contribution is 7.07. The van der Waals surface area contributed by atoms with Crippen molar-refractivity contribution in [2.45, 2.75) is 63.6 Å². The van der Waals surface area contributed by atoms with Crippen LogP contribution in [0.5, 0.6) is 0 Å². The third kappa shape index (κ3) is 3.23. The Hall–Kier alpha value is -0.870. The number of carbonyl (C=O) groups is 1. The Balaban J connectivity index is 1.71. The van der Waals surface area contributed by atoms with Crippen molar-refractivity contribution in [2.24, 2.45) is 11.7 Å². The molecule has 3 rings (SSSR count). The van der Waals surface area contributed by atoms with Gasteiger partial charge in [0.2, 0.25) is 5.91 Å². The van der Waals surface area contributed by atoms with Crippen LogP contribution in [0.4, 0.5) is 0 Å². The summed E-state index contributed by atoms with van der Waals surface area (Å²) >= 11 is 1.70. The third-order valence-electron chi connectivity index (χ3n) is 4.59. The molecule has 1 aromatic heterocycles. The number of hydrogen-bond donors (Lipinski definition) is 1. The number of thiophene rings is 1. The Bertz CT molecular complexity index is 441. The van der Waals surface area contributed by atoms with Gasteiger partial charge in [-0.15, -0.1) is 0 Å². The van der Waals surface area contributed by atoms with E-state index in [4.69, 9.17) is 5.73 Å². The quantitative estimate of drug-likeness (QED) is 0.867. The van der Waals surface area contributed by atoms with Crippen LogP contribution in [0.15, 0.2) is 16.8 Å². The maximum atomic E-state index is 12.9. The zero-order chi connectivity index (χ0) is 13.9. The minimum absolute atomic E-state index is 0.0525. The fourth-order valence-electron chi connectivity index (χ4n) is 3.21. The summed E-state index contributed by atoms with van der Waals surface area (Å²) in [7, 11) is 0. The van der Waals surface area contributed by atoms with E-state index in [2.05, 4.69) is 21.7 Å². The fourth-order valence-corrected chi connectivity index (χ4v) is 3.87. The molecule has 1 aromatic rings. The lowest BCUT2D eigenvalue weighted by Crippen LogP contribution is -2.44. The maximum absolute atomic E-state index is 12.9. The lowest BCUT2D eigenvalue weighted by Gasteiger charge is -2.29. The molecule has 2 saturated carbocycles. The predicted molar refractivity (Wildman–Crippen MR) is 82.4 cm³/mol. The maximum Gasteiger partial charge on any atom is 0.227 e. The van der Waals surface area contributed by atoms with Gasteiger partial charge in [-0.25, -0.2) is 0 Å². The highest BCUT2D eigenvalue weighted by Gasteiger charge is 2.38. The summed E-state index contributed by atoms with van der Waals surface area (Å²) in [6.07, 6.45) is 7.88. The molecule has 0 aliphatic heterocycles. The van der Waals surface area contributed by atoms with Gasteiger partial charge in [-0.3, -0.25) is 4.79 Å². The summed E-state index contributed by atoms with van der Waals surface area (Å²) in [5, 5.41) is 4.23. The van der Waals surface area contributed by atoms with Gasteiger partial charge in [-0.2, -0.15) is 11.3 Å². The van der Waals surface area contributed by atoms with Crippen molar-refractivity contribution in [1.29, 1.82) is 0 Å². The number of amides is 1. The monoisotopic (exact) mass is 292 g/mol. The Morgan fingerprint density at radius 3 is 2.75 bits per heavy atom. The molecule has 0 aromatic carbocycles. The third-order valence-corrected chi connectivity index (χ3v) is 5.32. The van der Waals surface area contributed by atoms with E-state index in [-0.39, 0.29) is 12.0 Å². The smallest absolute Gasteiger partial charge is 0.227 e. The van der Waals surface area contributed by atoms with Gasteiger partial charge in [0.1, 0.15) is 0 Å². The highest BCUT2D eigenvalue weighted by Crippen LogP contribution is 2.33. The van der Waals surface area contributed by atoms with Crippen LogP contribution in [0.3, 0.4) is 0 Å². The van der Waals surface area contributed by atoms with Crippen molar-refractivity contribution in [3.63, 3.8) is 0 Å². The van der Waals surface area contributed by atoms with Crippen LogP contribution in [-0.4, -0.2) is 22.9 Å². The molecule has 2 fully saturated rings. The lowest BCUT2D eigenvalue weighted by atomic mass is 9.93. The standard InChI is InChI=1S/C16H24N2OS/c17-15-5-3-1-2-4-14(15)16(19)18(13-6-7-13)10-12-8-9-20-11-12/h8-9,11,13-15H,1-7,10,17H2. The topological polar surface area (TPSA) is 46.3 Å². The van der Waals surface area contributed by atoms with Crippen molar-refractivity contribution >= 4 is 17.2 Å². The van der Waals surface area contributed by atoms with Crippen molar-refractivity contribution in [2.75, 3.05) is 0 Å². The molecule has 4 heteroatoms. The lowest BCUT2D eigenvalue weighted by molar-refractivity contribution is -0.137. The van der Waals surface area contributed by atoms with Crippen LogP contribution in [-0.2, 0) is 11.3 Å². The molecular formula is C16H24N2OS. The molecule has 2 aliphatic rings. The van der Waals surface area contributed by atoms with Crippen molar-refractivity contribution in [3.8, 4) is 0 Å². The first-order chi connectivity index (χ1) is 9.75. The normalized spacial score (nSPS) is 27.1. The van der Waals surface area contributed by atoms with Crippen LogP contribution < -0.4 is 5.73 Å². The molecule has 2 aliphatic carbocycles. The average molecular weight is 292 g/mol. The second kappa shape index (κ2) is 6.27. The van der Waals surface area contributed by atoms with Gasteiger partial charge in [0.05, 0.1) is 5.92 Å². The zero-order valence-electron chi connectivity index (χ0n) is 12.0. The summed E-state index contributed by atoms with van der Waals surface area (Å²) in [5.74, 6) is 0.366. The summed E-state index contributed by atoms with van der Waals surface area (Å²) in [6, 6.07) is 2.66. The number of carbonyl (C=O) groups excluding carboxylic acids is 1. The first-order valence-electron chi connectivity index (χ1n) is 7.83. The second-order valence-corrected chi connectivity index (χ2v) is 7.02. The van der Waals surface area contributed by atoms with Crippen LogP contribution in [0.1, 0.15) is 50.5 Å². The van der Waals surface area contributed by atoms with E-state index in [1.807, 2.05) is 0 Å². The number of nitrogens with two attached hydrogens (primary N) is 1. The van der Waals surface area contributed by atoms with E-state index >= 15 is 0 Å². The molecule has 2 atom stereocenters. The second-order valence-electron chi connectivity index (χ2n) is 6.24. The van der Waals surface area contributed by atoms with Crippen molar-refractivity contribution < 1.29 is 4.79 Å². The molecule has 0 saturated heterocycles. The van der Waals surface area contributed by atoms with Gasteiger partial charge in [0, 0.05) is 18.6 Å². The Kier molecular flexibility index (Phi) is 4.41. The highest BCUT2D eigenvalue weighted by atomic mass is 32.1. The van der Waals surface area contributed by atoms with E-state index in [0.29, 0.717) is 11.9 Å².